The van der Waals surface area contributed by atoms with E-state index in [2.05, 4.69) is 10.5 Å². The zero-order chi connectivity index (χ0) is 22.9. The number of carbonyl (C=O) groups excluding carboxylic acids is 2. The van der Waals surface area contributed by atoms with Gasteiger partial charge in [-0.2, -0.15) is 5.10 Å². The number of nitrogens with one attached hydrogen (secondary N) is 1. The molecule has 0 unspecified atom stereocenters. The lowest BCUT2D eigenvalue weighted by Crippen LogP contribution is -2.22. The van der Waals surface area contributed by atoms with Gasteiger partial charge in [-0.1, -0.05) is 30.3 Å². The number of hydrogen-bond donors (Lipinski definition) is 1. The molecule has 1 N–H and O–H groups in total. The van der Waals surface area contributed by atoms with Gasteiger partial charge in [-0.05, 0) is 55.7 Å². The Kier molecular flexibility index (Phi) is 5.30. The summed E-state index contributed by atoms with van der Waals surface area (Å²) >= 11 is 0. The van der Waals surface area contributed by atoms with Gasteiger partial charge in [-0.25, -0.2) is 10.2 Å². The molecule has 166 valence electrons. The molecular formula is C26H22N2O5. The number of furan rings is 2. The van der Waals surface area contributed by atoms with Crippen LogP contribution in [0.2, 0.25) is 0 Å². The number of ether oxygens (including phenoxy) is 1. The summed E-state index contributed by atoms with van der Waals surface area (Å²) in [6, 6.07) is 15.0. The van der Waals surface area contributed by atoms with E-state index in [1.54, 1.807) is 19.1 Å². The van der Waals surface area contributed by atoms with E-state index in [0.717, 1.165) is 22.8 Å². The van der Waals surface area contributed by atoms with Gasteiger partial charge in [0.05, 0.1) is 17.5 Å². The third kappa shape index (κ3) is 3.93. The summed E-state index contributed by atoms with van der Waals surface area (Å²) in [5, 5.41) is 6.38. The SMILES string of the molecule is Cc1occc1C(=O)N/N=C1\CCCc2oc(C(=O)Oc3ccc4ccccc4c3)c(C)c21. The minimum atomic E-state index is -0.561. The number of rotatable bonds is 4. The number of benzene rings is 2. The van der Waals surface area contributed by atoms with Crippen molar-refractivity contribution in [3.8, 4) is 5.75 Å². The van der Waals surface area contributed by atoms with Gasteiger partial charge in [0.25, 0.3) is 5.91 Å². The van der Waals surface area contributed by atoms with Crippen molar-refractivity contribution in [3.63, 3.8) is 0 Å². The summed E-state index contributed by atoms with van der Waals surface area (Å²) in [6.45, 7) is 3.52. The molecule has 1 aliphatic carbocycles. The van der Waals surface area contributed by atoms with Crippen molar-refractivity contribution in [2.45, 2.75) is 33.1 Å². The fourth-order valence-corrected chi connectivity index (χ4v) is 4.16. The first-order valence-electron chi connectivity index (χ1n) is 10.8. The summed E-state index contributed by atoms with van der Waals surface area (Å²) in [5.41, 5.74) is 5.11. The standard InChI is InChI=1S/C26H22N2O5/c1-15-23-21(27-28-25(29)20-12-13-31-16(20)2)8-5-9-22(23)33-24(15)26(30)32-19-11-10-17-6-3-4-7-18(17)14-19/h3-4,6-7,10-14H,5,8-9H2,1-2H3,(H,28,29)/b27-21+. The lowest BCUT2D eigenvalue weighted by molar-refractivity contribution is 0.0698. The maximum atomic E-state index is 12.9. The lowest BCUT2D eigenvalue weighted by Gasteiger charge is -2.13. The van der Waals surface area contributed by atoms with Gasteiger partial charge in [0.15, 0.2) is 0 Å². The summed E-state index contributed by atoms with van der Waals surface area (Å²) in [6.07, 6.45) is 3.62. The van der Waals surface area contributed by atoms with E-state index >= 15 is 0 Å². The highest BCUT2D eigenvalue weighted by Gasteiger charge is 2.29. The van der Waals surface area contributed by atoms with E-state index in [9.17, 15) is 9.59 Å². The van der Waals surface area contributed by atoms with E-state index in [1.165, 1.54) is 6.26 Å². The van der Waals surface area contributed by atoms with Gasteiger partial charge >= 0.3 is 5.97 Å². The van der Waals surface area contributed by atoms with Crippen molar-refractivity contribution < 1.29 is 23.2 Å². The molecule has 0 bridgehead atoms. The Labute approximate surface area is 190 Å². The van der Waals surface area contributed by atoms with Crippen LogP contribution >= 0.6 is 0 Å². The summed E-state index contributed by atoms with van der Waals surface area (Å²) in [7, 11) is 0. The van der Waals surface area contributed by atoms with Gasteiger partial charge in [0.1, 0.15) is 17.3 Å². The van der Waals surface area contributed by atoms with Crippen LogP contribution in [0.3, 0.4) is 0 Å². The van der Waals surface area contributed by atoms with Crippen LogP contribution in [-0.2, 0) is 6.42 Å². The Morgan fingerprint density at radius 1 is 1.03 bits per heavy atom. The zero-order valence-corrected chi connectivity index (χ0v) is 18.3. The molecule has 7 heteroatoms. The van der Waals surface area contributed by atoms with E-state index in [0.29, 0.717) is 47.0 Å². The molecule has 0 spiro atoms. The smallest absolute Gasteiger partial charge is 0.379 e. The average molecular weight is 442 g/mol. The summed E-state index contributed by atoms with van der Waals surface area (Å²) in [4.78, 5) is 25.3. The summed E-state index contributed by atoms with van der Waals surface area (Å²) < 4.78 is 16.7. The number of hydrogen-bond acceptors (Lipinski definition) is 6. The third-order valence-electron chi connectivity index (χ3n) is 5.84. The average Bonchev–Trinajstić information content (AvgIpc) is 3.41. The Balaban J connectivity index is 1.39. The molecule has 2 heterocycles. The van der Waals surface area contributed by atoms with E-state index < -0.39 is 5.97 Å². The van der Waals surface area contributed by atoms with Crippen LogP contribution < -0.4 is 10.2 Å². The highest BCUT2D eigenvalue weighted by Crippen LogP contribution is 2.31. The molecule has 4 aromatic rings. The number of hydrazone groups is 1. The molecule has 7 nitrogen and oxygen atoms in total. The molecule has 2 aromatic heterocycles. The Morgan fingerprint density at radius 2 is 1.85 bits per heavy atom. The van der Waals surface area contributed by atoms with Crippen molar-refractivity contribution >= 4 is 28.4 Å². The van der Waals surface area contributed by atoms with Crippen LogP contribution in [0.4, 0.5) is 0 Å². The quantitative estimate of drug-likeness (QED) is 0.262. The van der Waals surface area contributed by atoms with Gasteiger partial charge < -0.3 is 13.6 Å². The maximum Gasteiger partial charge on any atom is 0.379 e. The van der Waals surface area contributed by atoms with Gasteiger partial charge in [-0.15, -0.1) is 0 Å². The minimum Gasteiger partial charge on any atom is -0.469 e. The van der Waals surface area contributed by atoms with Gasteiger partial charge in [0.2, 0.25) is 5.76 Å². The molecule has 0 saturated heterocycles. The van der Waals surface area contributed by atoms with Crippen LogP contribution in [0.5, 0.6) is 5.75 Å². The van der Waals surface area contributed by atoms with E-state index in [-0.39, 0.29) is 11.7 Å². The number of amides is 1. The van der Waals surface area contributed by atoms with Gasteiger partial charge in [0, 0.05) is 17.5 Å². The van der Waals surface area contributed by atoms with Crippen LogP contribution in [0.25, 0.3) is 10.8 Å². The molecule has 0 saturated carbocycles. The van der Waals surface area contributed by atoms with E-state index in [4.69, 9.17) is 13.6 Å². The lowest BCUT2D eigenvalue weighted by atomic mass is 9.93. The largest absolute Gasteiger partial charge is 0.469 e. The zero-order valence-electron chi connectivity index (χ0n) is 18.3. The second-order valence-electron chi connectivity index (χ2n) is 8.00. The minimum absolute atomic E-state index is 0.153. The molecule has 33 heavy (non-hydrogen) atoms. The Morgan fingerprint density at radius 3 is 2.64 bits per heavy atom. The molecule has 1 amide bonds. The highest BCUT2D eigenvalue weighted by atomic mass is 16.5. The fraction of sp³-hybridized carbons (Fsp3) is 0.192. The maximum absolute atomic E-state index is 12.9. The Hall–Kier alpha value is -4.13. The Bertz CT molecular complexity index is 1410. The monoisotopic (exact) mass is 442 g/mol. The van der Waals surface area contributed by atoms with Crippen molar-refractivity contribution in [2.24, 2.45) is 5.10 Å². The predicted octanol–water partition coefficient (Wildman–Crippen LogP) is 5.33. The molecule has 0 aliphatic heterocycles. The van der Waals surface area contributed by atoms with Crippen LogP contribution in [-0.4, -0.2) is 17.6 Å². The second kappa shape index (κ2) is 8.43. The first-order chi connectivity index (χ1) is 16.0. The molecule has 0 fully saturated rings. The third-order valence-corrected chi connectivity index (χ3v) is 5.84. The number of fused-ring (bicyclic) bond motifs is 2. The first kappa shape index (κ1) is 20.8. The predicted molar refractivity (Wildman–Crippen MR) is 123 cm³/mol. The molecule has 1 aliphatic rings. The van der Waals surface area contributed by atoms with E-state index in [1.807, 2.05) is 43.3 Å². The van der Waals surface area contributed by atoms with Gasteiger partial charge in [-0.3, -0.25) is 4.79 Å². The van der Waals surface area contributed by atoms with Crippen molar-refractivity contribution in [1.82, 2.24) is 5.43 Å². The van der Waals surface area contributed by atoms with Crippen LogP contribution in [0.1, 0.15) is 56.4 Å². The molecule has 0 atom stereocenters. The first-order valence-corrected chi connectivity index (χ1v) is 10.8. The number of carbonyl (C=O) groups is 2. The molecule has 5 rings (SSSR count). The summed E-state index contributed by atoms with van der Waals surface area (Å²) in [5.74, 6) is 0.892. The fourth-order valence-electron chi connectivity index (χ4n) is 4.16. The number of aryl methyl sites for hydroxylation is 2. The highest BCUT2D eigenvalue weighted by molar-refractivity contribution is 6.07. The second-order valence-corrected chi connectivity index (χ2v) is 8.00. The topological polar surface area (TPSA) is 94.0 Å². The number of nitrogens with zero attached hydrogens (tertiary/aromatic N) is 1. The number of esters is 1. The van der Waals surface area contributed by atoms with Crippen LogP contribution in [0, 0.1) is 13.8 Å². The van der Waals surface area contributed by atoms with Crippen molar-refractivity contribution in [1.29, 1.82) is 0 Å². The molecular weight excluding hydrogens is 420 g/mol. The normalized spacial score (nSPS) is 14.3. The molecule has 2 aromatic carbocycles. The van der Waals surface area contributed by atoms with Crippen molar-refractivity contribution in [3.05, 3.63) is 88.8 Å². The van der Waals surface area contributed by atoms with Crippen molar-refractivity contribution in [2.75, 3.05) is 0 Å². The van der Waals surface area contributed by atoms with Crippen LogP contribution in [0.15, 0.2) is 68.7 Å². The molecule has 0 radical (unpaired) electrons.